The quantitative estimate of drug-likeness (QED) is 0.898. The number of hydrogen-bond acceptors (Lipinski definition) is 4. The van der Waals surface area contributed by atoms with E-state index in [1.54, 1.807) is 0 Å². The molecule has 1 aromatic carbocycles. The van der Waals surface area contributed by atoms with Crippen molar-refractivity contribution >= 4 is 44.9 Å². The van der Waals surface area contributed by atoms with Crippen LogP contribution < -0.4 is 0 Å². The van der Waals surface area contributed by atoms with E-state index in [-0.39, 0.29) is 5.02 Å². The minimum absolute atomic E-state index is 0.180. The van der Waals surface area contributed by atoms with Crippen molar-refractivity contribution in [3.63, 3.8) is 0 Å². The molecule has 20 heavy (non-hydrogen) atoms. The summed E-state index contributed by atoms with van der Waals surface area (Å²) in [7, 11) is -1.24. The number of benzene rings is 1. The maximum Gasteiger partial charge on any atom is 0.338 e. The average molecular weight is 340 g/mol. The van der Waals surface area contributed by atoms with Gasteiger partial charge in [-0.2, -0.15) is 0 Å². The first-order chi connectivity index (χ1) is 9.08. The second-order valence-electron chi connectivity index (χ2n) is 4.09. The Morgan fingerprint density at radius 2 is 1.80 bits per heavy atom. The molecular weight excluding hydrogens is 329 g/mol. The van der Waals surface area contributed by atoms with Crippen molar-refractivity contribution in [1.29, 1.82) is 0 Å². The molecule has 0 saturated heterocycles. The summed E-state index contributed by atoms with van der Waals surface area (Å²) in [6.07, 6.45) is 0. The molecule has 0 spiro atoms. The zero-order valence-electron chi connectivity index (χ0n) is 10.6. The van der Waals surface area contributed by atoms with E-state index in [1.165, 1.54) is 14.1 Å². The summed E-state index contributed by atoms with van der Waals surface area (Å²) in [6.45, 7) is 0. The van der Waals surface area contributed by atoms with Crippen LogP contribution in [0.25, 0.3) is 0 Å². The van der Waals surface area contributed by atoms with Gasteiger partial charge >= 0.3 is 5.97 Å². The molecule has 1 N–H and O–H groups in total. The molecule has 0 bridgehead atoms. The molecular formula is C11H11Cl2NO5S. The topological polar surface area (TPSA) is 91.8 Å². The van der Waals surface area contributed by atoms with Gasteiger partial charge < -0.3 is 10.0 Å². The molecule has 9 heteroatoms. The van der Waals surface area contributed by atoms with E-state index in [9.17, 15) is 18.0 Å². The Balaban J connectivity index is 3.37. The zero-order valence-corrected chi connectivity index (χ0v) is 12.9. The highest BCUT2D eigenvalue weighted by Gasteiger charge is 2.27. The molecule has 0 radical (unpaired) electrons. The van der Waals surface area contributed by atoms with Gasteiger partial charge in [0, 0.05) is 14.1 Å². The Hall–Kier alpha value is -1.31. The van der Waals surface area contributed by atoms with Crippen LogP contribution in [0, 0.1) is 0 Å². The van der Waals surface area contributed by atoms with Crippen LogP contribution >= 0.6 is 23.2 Å². The molecule has 0 unspecified atom stereocenters. The fourth-order valence-corrected chi connectivity index (χ4v) is 3.61. The third-order valence-electron chi connectivity index (χ3n) is 2.42. The van der Waals surface area contributed by atoms with Gasteiger partial charge in [-0.1, -0.05) is 23.2 Å². The first kappa shape index (κ1) is 16.7. The highest BCUT2D eigenvalue weighted by Crippen LogP contribution is 2.31. The van der Waals surface area contributed by atoms with Gasteiger partial charge in [0.15, 0.2) is 9.84 Å². The van der Waals surface area contributed by atoms with Gasteiger partial charge in [0.2, 0.25) is 5.91 Å². The van der Waals surface area contributed by atoms with Gasteiger partial charge in [0.25, 0.3) is 0 Å². The number of rotatable bonds is 4. The summed E-state index contributed by atoms with van der Waals surface area (Å²) in [5.41, 5.74) is -0.508. The fourth-order valence-electron chi connectivity index (χ4n) is 1.34. The minimum atomic E-state index is -4.05. The van der Waals surface area contributed by atoms with Gasteiger partial charge in [-0.25, -0.2) is 13.2 Å². The van der Waals surface area contributed by atoms with E-state index in [1.807, 2.05) is 0 Å². The lowest BCUT2D eigenvalue weighted by Gasteiger charge is -2.12. The van der Waals surface area contributed by atoms with Crippen molar-refractivity contribution < 1.29 is 23.1 Å². The molecule has 6 nitrogen and oxygen atoms in total. The summed E-state index contributed by atoms with van der Waals surface area (Å²) in [6, 6.07) is 2.19. The number of carboxylic acid groups (broad SMARTS) is 1. The predicted octanol–water partition coefficient (Wildman–Crippen LogP) is 1.55. The molecule has 1 amide bonds. The Morgan fingerprint density at radius 1 is 1.25 bits per heavy atom. The summed E-state index contributed by atoms with van der Waals surface area (Å²) < 4.78 is 24.2. The van der Waals surface area contributed by atoms with Gasteiger partial charge in [-0.3, -0.25) is 4.79 Å². The average Bonchev–Trinajstić information content (AvgIpc) is 2.26. The van der Waals surface area contributed by atoms with Crippen molar-refractivity contribution in [1.82, 2.24) is 4.90 Å². The number of aromatic carboxylic acids is 1. The number of amides is 1. The van der Waals surface area contributed by atoms with Crippen molar-refractivity contribution in [2.45, 2.75) is 4.90 Å². The van der Waals surface area contributed by atoms with E-state index < -0.39 is 42.9 Å². The van der Waals surface area contributed by atoms with Crippen LogP contribution in [-0.2, 0) is 14.6 Å². The van der Waals surface area contributed by atoms with Crippen LogP contribution in [0.5, 0.6) is 0 Å². The Kier molecular flexibility index (Phi) is 5.01. The summed E-state index contributed by atoms with van der Waals surface area (Å²) in [4.78, 5) is 23.2. The van der Waals surface area contributed by atoms with E-state index >= 15 is 0 Å². The van der Waals surface area contributed by atoms with Crippen molar-refractivity contribution in [2.75, 3.05) is 19.8 Å². The summed E-state index contributed by atoms with van der Waals surface area (Å²) >= 11 is 11.5. The lowest BCUT2D eigenvalue weighted by atomic mass is 10.2. The molecule has 0 aliphatic carbocycles. The van der Waals surface area contributed by atoms with Crippen molar-refractivity contribution in [2.24, 2.45) is 0 Å². The van der Waals surface area contributed by atoms with E-state index in [0.29, 0.717) is 0 Å². The van der Waals surface area contributed by atoms with E-state index in [2.05, 4.69) is 0 Å². The fraction of sp³-hybridized carbons (Fsp3) is 0.273. The summed E-state index contributed by atoms with van der Waals surface area (Å²) in [5, 5.41) is 8.28. The van der Waals surface area contributed by atoms with Crippen LogP contribution in [0.15, 0.2) is 17.0 Å². The Labute approximate surface area is 125 Å². The SMILES string of the molecule is CN(C)C(=O)CS(=O)(=O)c1ccc(Cl)c(C(=O)O)c1Cl. The maximum absolute atomic E-state index is 12.1. The molecule has 0 heterocycles. The van der Waals surface area contributed by atoms with Gasteiger partial charge in [-0.05, 0) is 12.1 Å². The molecule has 0 fully saturated rings. The molecule has 0 atom stereocenters. The summed E-state index contributed by atoms with van der Waals surface area (Å²) in [5.74, 6) is -2.90. The second kappa shape index (κ2) is 5.99. The Morgan fingerprint density at radius 3 is 2.25 bits per heavy atom. The monoisotopic (exact) mass is 339 g/mol. The molecule has 1 rings (SSSR count). The minimum Gasteiger partial charge on any atom is -0.478 e. The zero-order chi connectivity index (χ0) is 15.7. The number of carbonyl (C=O) groups excluding carboxylic acids is 1. The molecule has 0 saturated carbocycles. The number of hydrogen-bond donors (Lipinski definition) is 1. The third-order valence-corrected chi connectivity index (χ3v) is 4.87. The highest BCUT2D eigenvalue weighted by molar-refractivity contribution is 7.92. The van der Waals surface area contributed by atoms with Gasteiger partial charge in [-0.15, -0.1) is 0 Å². The molecule has 110 valence electrons. The number of sulfone groups is 1. The number of nitrogens with zero attached hydrogens (tertiary/aromatic N) is 1. The van der Waals surface area contributed by atoms with Crippen LogP contribution in [0.1, 0.15) is 10.4 Å². The first-order valence-corrected chi connectivity index (χ1v) is 7.63. The van der Waals surface area contributed by atoms with Crippen LogP contribution in [-0.4, -0.2) is 50.1 Å². The van der Waals surface area contributed by atoms with Crippen LogP contribution in [0.4, 0.5) is 0 Å². The standard InChI is InChI=1S/C11H11Cl2NO5S/c1-14(2)8(15)5-20(18,19)7-4-3-6(12)9(10(7)13)11(16)17/h3-4H,5H2,1-2H3,(H,16,17). The number of halogens is 2. The molecule has 0 aliphatic rings. The largest absolute Gasteiger partial charge is 0.478 e. The normalized spacial score (nSPS) is 11.2. The smallest absolute Gasteiger partial charge is 0.338 e. The molecule has 0 aromatic heterocycles. The molecule has 1 aromatic rings. The number of carboxylic acids is 1. The van der Waals surface area contributed by atoms with Crippen LogP contribution in [0.2, 0.25) is 10.0 Å². The second-order valence-corrected chi connectivity index (χ2v) is 6.83. The predicted molar refractivity (Wildman–Crippen MR) is 74.2 cm³/mol. The first-order valence-electron chi connectivity index (χ1n) is 5.22. The van der Waals surface area contributed by atoms with Crippen LogP contribution in [0.3, 0.4) is 0 Å². The van der Waals surface area contributed by atoms with Crippen molar-refractivity contribution in [3.8, 4) is 0 Å². The third kappa shape index (κ3) is 3.41. The molecule has 0 aliphatic heterocycles. The van der Waals surface area contributed by atoms with E-state index in [4.69, 9.17) is 28.3 Å². The lowest BCUT2D eigenvalue weighted by Crippen LogP contribution is -2.29. The lowest BCUT2D eigenvalue weighted by molar-refractivity contribution is -0.125. The highest BCUT2D eigenvalue weighted by atomic mass is 35.5. The van der Waals surface area contributed by atoms with E-state index in [0.717, 1.165) is 17.0 Å². The Bertz CT molecular complexity index is 670. The number of carbonyl (C=O) groups is 2. The maximum atomic E-state index is 12.1. The van der Waals surface area contributed by atoms with Gasteiger partial charge in [0.1, 0.15) is 5.75 Å². The van der Waals surface area contributed by atoms with Crippen molar-refractivity contribution in [3.05, 3.63) is 27.7 Å². The van der Waals surface area contributed by atoms with Gasteiger partial charge in [0.05, 0.1) is 20.5 Å².